The lowest BCUT2D eigenvalue weighted by molar-refractivity contribution is -0.113. The Balaban J connectivity index is 1.63. The Morgan fingerprint density at radius 3 is 2.68 bits per heavy atom. The number of carbonyl (C=O) groups is 2. The summed E-state index contributed by atoms with van der Waals surface area (Å²) in [5.41, 5.74) is 0.919. The molecule has 0 unspecified atom stereocenters. The topological polar surface area (TPSA) is 110 Å². The largest absolute Gasteiger partial charge is 0.486 e. The van der Waals surface area contributed by atoms with Crippen LogP contribution < -0.4 is 10.1 Å². The van der Waals surface area contributed by atoms with Gasteiger partial charge in [-0.25, -0.2) is 0 Å². The van der Waals surface area contributed by atoms with Gasteiger partial charge in [0.1, 0.15) is 23.4 Å². The molecule has 0 spiro atoms. The number of carbonyl (C=O) groups excluding carboxylic acids is 2. The zero-order valence-corrected chi connectivity index (χ0v) is 19.0. The van der Waals surface area contributed by atoms with Gasteiger partial charge in [-0.15, -0.1) is 21.5 Å². The first-order valence-corrected chi connectivity index (χ1v) is 11.3. The van der Waals surface area contributed by atoms with Crippen molar-refractivity contribution in [2.45, 2.75) is 39.1 Å². The SMILES string of the molecule is CCn1c(COc2ccccc2)nnc1SCC(=O)Nc1sc(C(C)=O)c(C)c1C#N. The van der Waals surface area contributed by atoms with E-state index in [0.717, 1.165) is 17.1 Å². The summed E-state index contributed by atoms with van der Waals surface area (Å²) in [6.07, 6.45) is 0. The first-order valence-electron chi connectivity index (χ1n) is 9.51. The Kier molecular flexibility index (Phi) is 7.44. The maximum Gasteiger partial charge on any atom is 0.235 e. The van der Waals surface area contributed by atoms with E-state index < -0.39 is 0 Å². The molecular weight excluding hydrogens is 434 g/mol. The van der Waals surface area contributed by atoms with Crippen molar-refractivity contribution in [3.63, 3.8) is 0 Å². The van der Waals surface area contributed by atoms with Crippen LogP contribution in [0, 0.1) is 18.3 Å². The van der Waals surface area contributed by atoms with Crippen molar-refractivity contribution in [2.75, 3.05) is 11.1 Å². The minimum Gasteiger partial charge on any atom is -0.486 e. The smallest absolute Gasteiger partial charge is 0.235 e. The van der Waals surface area contributed by atoms with E-state index in [9.17, 15) is 14.9 Å². The second-order valence-corrected chi connectivity index (χ2v) is 8.47. The van der Waals surface area contributed by atoms with E-state index in [1.807, 2.05) is 41.8 Å². The van der Waals surface area contributed by atoms with E-state index in [2.05, 4.69) is 21.6 Å². The fraction of sp³-hybridized carbons (Fsp3) is 0.286. The average Bonchev–Trinajstić information content (AvgIpc) is 3.31. The molecule has 1 N–H and O–H groups in total. The standard InChI is InChI=1S/C21H21N5O3S2/c1-4-26-17(11-29-15-8-6-5-7-9-15)24-25-21(26)30-12-18(28)23-20-16(10-22)13(2)19(31-20)14(3)27/h5-9H,4,11-12H2,1-3H3,(H,23,28). The van der Waals surface area contributed by atoms with Crippen LogP contribution in [0.5, 0.6) is 5.75 Å². The van der Waals surface area contributed by atoms with E-state index in [0.29, 0.717) is 38.5 Å². The fourth-order valence-electron chi connectivity index (χ4n) is 2.88. The quantitative estimate of drug-likeness (QED) is 0.383. The summed E-state index contributed by atoms with van der Waals surface area (Å²) < 4.78 is 7.64. The Morgan fingerprint density at radius 2 is 2.03 bits per heavy atom. The molecule has 2 aromatic heterocycles. The predicted octanol–water partition coefficient (Wildman–Crippen LogP) is 4.05. The number of ketones is 1. The second-order valence-electron chi connectivity index (χ2n) is 6.51. The van der Waals surface area contributed by atoms with Crippen molar-refractivity contribution >= 4 is 39.8 Å². The van der Waals surface area contributed by atoms with Crippen LogP contribution in [0.3, 0.4) is 0 Å². The van der Waals surface area contributed by atoms with Gasteiger partial charge in [0.15, 0.2) is 16.8 Å². The number of anilines is 1. The van der Waals surface area contributed by atoms with E-state index >= 15 is 0 Å². The van der Waals surface area contributed by atoms with Gasteiger partial charge in [0.25, 0.3) is 0 Å². The number of para-hydroxylation sites is 1. The molecule has 0 aliphatic heterocycles. The Labute approximate surface area is 188 Å². The zero-order chi connectivity index (χ0) is 22.4. The number of nitrogens with zero attached hydrogens (tertiary/aromatic N) is 4. The Bertz CT molecular complexity index is 1130. The van der Waals surface area contributed by atoms with Gasteiger partial charge in [-0.1, -0.05) is 30.0 Å². The molecule has 3 aromatic rings. The van der Waals surface area contributed by atoms with Crippen LogP contribution in [0.2, 0.25) is 0 Å². The van der Waals surface area contributed by atoms with Crippen LogP contribution in [-0.2, 0) is 17.9 Å². The van der Waals surface area contributed by atoms with Crippen LogP contribution in [0.4, 0.5) is 5.00 Å². The number of nitrogens with one attached hydrogen (secondary N) is 1. The summed E-state index contributed by atoms with van der Waals surface area (Å²) >= 11 is 2.37. The third kappa shape index (κ3) is 5.31. The lowest BCUT2D eigenvalue weighted by Crippen LogP contribution is -2.15. The van der Waals surface area contributed by atoms with Crippen LogP contribution >= 0.6 is 23.1 Å². The van der Waals surface area contributed by atoms with Gasteiger partial charge in [-0.3, -0.25) is 9.59 Å². The number of nitriles is 1. The van der Waals surface area contributed by atoms with Gasteiger partial charge in [-0.05, 0) is 38.5 Å². The average molecular weight is 456 g/mol. The first-order chi connectivity index (χ1) is 14.9. The third-order valence-electron chi connectivity index (χ3n) is 4.38. The lowest BCUT2D eigenvalue weighted by atomic mass is 10.1. The highest BCUT2D eigenvalue weighted by molar-refractivity contribution is 7.99. The number of Topliss-reactive ketones (excluding diaryl/α,β-unsaturated/α-hetero) is 1. The summed E-state index contributed by atoms with van der Waals surface area (Å²) in [7, 11) is 0. The summed E-state index contributed by atoms with van der Waals surface area (Å²) in [5.74, 6) is 1.09. The van der Waals surface area contributed by atoms with Crippen molar-refractivity contribution in [1.82, 2.24) is 14.8 Å². The minimum absolute atomic E-state index is 0.0922. The number of hydrogen-bond acceptors (Lipinski definition) is 8. The number of thioether (sulfide) groups is 1. The van der Waals surface area contributed by atoms with Gasteiger partial charge >= 0.3 is 0 Å². The molecule has 8 nitrogen and oxygen atoms in total. The number of amides is 1. The third-order valence-corrected chi connectivity index (χ3v) is 6.66. The molecule has 0 bridgehead atoms. The zero-order valence-electron chi connectivity index (χ0n) is 17.3. The summed E-state index contributed by atoms with van der Waals surface area (Å²) in [5, 5.41) is 21.5. The molecule has 0 saturated carbocycles. The van der Waals surface area contributed by atoms with Crippen LogP contribution in [-0.4, -0.2) is 32.2 Å². The number of thiophene rings is 1. The highest BCUT2D eigenvalue weighted by atomic mass is 32.2. The summed E-state index contributed by atoms with van der Waals surface area (Å²) in [6.45, 7) is 6.02. The second kappa shape index (κ2) is 10.2. The molecular formula is C21H21N5O3S2. The summed E-state index contributed by atoms with van der Waals surface area (Å²) in [4.78, 5) is 24.7. The fourth-order valence-corrected chi connectivity index (χ4v) is 4.77. The van der Waals surface area contributed by atoms with Crippen molar-refractivity contribution in [3.8, 4) is 11.8 Å². The van der Waals surface area contributed by atoms with Crippen molar-refractivity contribution in [3.05, 3.63) is 52.2 Å². The highest BCUT2D eigenvalue weighted by Gasteiger charge is 2.20. The molecule has 2 heterocycles. The van der Waals surface area contributed by atoms with Crippen LogP contribution in [0.1, 0.15) is 40.5 Å². The highest BCUT2D eigenvalue weighted by Crippen LogP contribution is 2.33. The van der Waals surface area contributed by atoms with Gasteiger partial charge in [0, 0.05) is 6.54 Å². The molecule has 0 saturated heterocycles. The van der Waals surface area contributed by atoms with E-state index in [4.69, 9.17) is 4.74 Å². The Hall–Kier alpha value is -3.16. The maximum atomic E-state index is 12.5. The molecule has 3 rings (SSSR count). The molecule has 0 atom stereocenters. The maximum absolute atomic E-state index is 12.5. The molecule has 1 aromatic carbocycles. The van der Waals surface area contributed by atoms with Gasteiger partial charge in [-0.2, -0.15) is 5.26 Å². The molecule has 0 fully saturated rings. The molecule has 31 heavy (non-hydrogen) atoms. The van der Waals surface area contributed by atoms with E-state index in [1.54, 1.807) is 6.92 Å². The van der Waals surface area contributed by atoms with E-state index in [1.165, 1.54) is 18.7 Å². The molecule has 0 aliphatic carbocycles. The molecule has 160 valence electrons. The molecule has 0 radical (unpaired) electrons. The van der Waals surface area contributed by atoms with Crippen LogP contribution in [0.15, 0.2) is 35.5 Å². The monoisotopic (exact) mass is 455 g/mol. The minimum atomic E-state index is -0.286. The summed E-state index contributed by atoms with van der Waals surface area (Å²) in [6, 6.07) is 11.5. The molecule has 0 aliphatic rings. The Morgan fingerprint density at radius 1 is 1.29 bits per heavy atom. The number of benzene rings is 1. The number of hydrogen-bond donors (Lipinski definition) is 1. The van der Waals surface area contributed by atoms with Gasteiger partial charge in [0.05, 0.1) is 16.2 Å². The number of aromatic nitrogens is 3. The lowest BCUT2D eigenvalue weighted by Gasteiger charge is -2.09. The molecule has 1 amide bonds. The van der Waals surface area contributed by atoms with Crippen molar-refractivity contribution in [1.29, 1.82) is 5.26 Å². The van der Waals surface area contributed by atoms with E-state index in [-0.39, 0.29) is 24.1 Å². The normalized spacial score (nSPS) is 10.5. The number of rotatable bonds is 9. The first kappa shape index (κ1) is 22.5. The molecule has 10 heteroatoms. The number of ether oxygens (including phenoxy) is 1. The van der Waals surface area contributed by atoms with Crippen molar-refractivity contribution in [2.24, 2.45) is 0 Å². The van der Waals surface area contributed by atoms with Gasteiger partial charge in [0.2, 0.25) is 5.91 Å². The van der Waals surface area contributed by atoms with Gasteiger partial charge < -0.3 is 14.6 Å². The predicted molar refractivity (Wildman–Crippen MR) is 120 cm³/mol. The van der Waals surface area contributed by atoms with Crippen molar-refractivity contribution < 1.29 is 14.3 Å². The van der Waals surface area contributed by atoms with Crippen LogP contribution in [0.25, 0.3) is 0 Å².